The summed E-state index contributed by atoms with van der Waals surface area (Å²) in [5.41, 5.74) is 2.23. The first-order valence-electron chi connectivity index (χ1n) is 5.13. The Balaban J connectivity index is 2.54. The van der Waals surface area contributed by atoms with Crippen LogP contribution in [0.3, 0.4) is 0 Å². The first-order valence-corrected chi connectivity index (χ1v) is 5.13. The molecule has 1 unspecified atom stereocenters. The molecule has 1 amide bonds. The van der Waals surface area contributed by atoms with Crippen LogP contribution in [-0.2, 0) is 10.3 Å². The van der Waals surface area contributed by atoms with E-state index in [4.69, 9.17) is 0 Å². The van der Waals surface area contributed by atoms with Gasteiger partial charge in [-0.25, -0.2) is 0 Å². The van der Waals surface area contributed by atoms with Crippen molar-refractivity contribution in [3.05, 3.63) is 41.5 Å². The van der Waals surface area contributed by atoms with E-state index in [1.54, 1.807) is 4.90 Å². The Bertz CT molecular complexity index is 411. The second-order valence-corrected chi connectivity index (χ2v) is 4.18. The zero-order valence-electron chi connectivity index (χ0n) is 9.10. The quantitative estimate of drug-likeness (QED) is 0.673. The molecule has 0 spiro atoms. The summed E-state index contributed by atoms with van der Waals surface area (Å²) in [5, 5.41) is 0. The van der Waals surface area contributed by atoms with Crippen molar-refractivity contribution in [3.8, 4) is 0 Å². The molecule has 0 heterocycles. The van der Waals surface area contributed by atoms with E-state index < -0.39 is 0 Å². The molecular weight excluding hydrogens is 186 g/mol. The lowest BCUT2D eigenvalue weighted by molar-refractivity contribution is -0.122. The van der Waals surface area contributed by atoms with Crippen LogP contribution in [0.15, 0.2) is 30.3 Å². The minimum Gasteiger partial charge on any atom is -0.339 e. The van der Waals surface area contributed by atoms with Crippen molar-refractivity contribution >= 4 is 12.5 Å². The van der Waals surface area contributed by atoms with Gasteiger partial charge in [-0.2, -0.15) is 0 Å². The lowest BCUT2D eigenvalue weighted by atomic mass is 9.80. The molecule has 78 valence electrons. The van der Waals surface area contributed by atoms with E-state index in [-0.39, 0.29) is 5.54 Å². The number of hydrogen-bond acceptors (Lipinski definition) is 1. The predicted octanol–water partition coefficient (Wildman–Crippen LogP) is 2.41. The summed E-state index contributed by atoms with van der Waals surface area (Å²) >= 11 is 0. The Hall–Kier alpha value is -1.57. The normalized spacial score (nSPS) is 23.3. The monoisotopic (exact) mass is 201 g/mol. The van der Waals surface area contributed by atoms with Crippen molar-refractivity contribution in [2.75, 3.05) is 7.05 Å². The third kappa shape index (κ3) is 1.46. The van der Waals surface area contributed by atoms with Crippen LogP contribution >= 0.6 is 0 Å². The minimum absolute atomic E-state index is 0.201. The molecule has 2 rings (SSSR count). The SMILES string of the molecule is CN(C=O)C1(C)CC=Cc2ccccc21. The third-order valence-corrected chi connectivity index (χ3v) is 3.29. The van der Waals surface area contributed by atoms with Gasteiger partial charge in [-0.15, -0.1) is 0 Å². The Morgan fingerprint density at radius 2 is 2.13 bits per heavy atom. The van der Waals surface area contributed by atoms with Crippen LogP contribution in [0.2, 0.25) is 0 Å². The molecule has 1 aliphatic carbocycles. The first kappa shape index (κ1) is 9.97. The summed E-state index contributed by atoms with van der Waals surface area (Å²) in [6.45, 7) is 2.10. The average Bonchev–Trinajstić information content (AvgIpc) is 2.28. The van der Waals surface area contributed by atoms with Crippen LogP contribution in [0.4, 0.5) is 0 Å². The molecule has 2 nitrogen and oxygen atoms in total. The number of carbonyl (C=O) groups excluding carboxylic acids is 1. The van der Waals surface area contributed by atoms with E-state index in [1.807, 2.05) is 19.2 Å². The van der Waals surface area contributed by atoms with Crippen LogP contribution < -0.4 is 0 Å². The maximum Gasteiger partial charge on any atom is 0.210 e. The van der Waals surface area contributed by atoms with Crippen LogP contribution in [0.25, 0.3) is 6.08 Å². The highest BCUT2D eigenvalue weighted by molar-refractivity contribution is 5.61. The lowest BCUT2D eigenvalue weighted by Crippen LogP contribution is -2.41. The molecule has 0 aromatic heterocycles. The molecule has 0 radical (unpaired) electrons. The molecule has 1 aromatic carbocycles. The van der Waals surface area contributed by atoms with Crippen molar-refractivity contribution in [2.45, 2.75) is 18.9 Å². The van der Waals surface area contributed by atoms with Gasteiger partial charge in [-0.05, 0) is 24.5 Å². The predicted molar refractivity (Wildman–Crippen MR) is 61.3 cm³/mol. The van der Waals surface area contributed by atoms with Gasteiger partial charge in [0.15, 0.2) is 0 Å². The van der Waals surface area contributed by atoms with Crippen molar-refractivity contribution < 1.29 is 4.79 Å². The highest BCUT2D eigenvalue weighted by Crippen LogP contribution is 2.36. The topological polar surface area (TPSA) is 20.3 Å². The van der Waals surface area contributed by atoms with Gasteiger partial charge in [0, 0.05) is 7.05 Å². The summed E-state index contributed by atoms with van der Waals surface area (Å²) in [6.07, 6.45) is 6.02. The molecule has 0 saturated heterocycles. The molecule has 1 atom stereocenters. The molecule has 2 heteroatoms. The molecule has 0 saturated carbocycles. The second-order valence-electron chi connectivity index (χ2n) is 4.18. The summed E-state index contributed by atoms with van der Waals surface area (Å²) < 4.78 is 0. The summed E-state index contributed by atoms with van der Waals surface area (Å²) in [5.74, 6) is 0. The number of nitrogens with zero attached hydrogens (tertiary/aromatic N) is 1. The van der Waals surface area contributed by atoms with Crippen LogP contribution in [-0.4, -0.2) is 18.4 Å². The standard InChI is InChI=1S/C13H15NO/c1-13(14(2)10-15)9-5-7-11-6-3-4-8-12(11)13/h3-8,10H,9H2,1-2H3. The number of amides is 1. The smallest absolute Gasteiger partial charge is 0.210 e. The van der Waals surface area contributed by atoms with Crippen molar-refractivity contribution in [3.63, 3.8) is 0 Å². The lowest BCUT2D eigenvalue weighted by Gasteiger charge is -2.39. The number of carbonyl (C=O) groups is 1. The molecule has 0 N–H and O–H groups in total. The Kier molecular flexibility index (Phi) is 2.35. The zero-order chi connectivity index (χ0) is 10.9. The fourth-order valence-electron chi connectivity index (χ4n) is 2.11. The molecule has 0 bridgehead atoms. The maximum atomic E-state index is 10.9. The molecule has 1 aliphatic rings. The van der Waals surface area contributed by atoms with Gasteiger partial charge >= 0.3 is 0 Å². The fraction of sp³-hybridized carbons (Fsp3) is 0.308. The largest absolute Gasteiger partial charge is 0.339 e. The van der Waals surface area contributed by atoms with Gasteiger partial charge in [0.2, 0.25) is 6.41 Å². The summed E-state index contributed by atoms with van der Waals surface area (Å²) in [7, 11) is 1.84. The van der Waals surface area contributed by atoms with E-state index in [0.717, 1.165) is 12.8 Å². The summed E-state index contributed by atoms with van der Waals surface area (Å²) in [4.78, 5) is 12.7. The van der Waals surface area contributed by atoms with Gasteiger partial charge in [-0.3, -0.25) is 4.79 Å². The Morgan fingerprint density at radius 3 is 2.87 bits per heavy atom. The van der Waals surface area contributed by atoms with Crippen LogP contribution in [0.1, 0.15) is 24.5 Å². The van der Waals surface area contributed by atoms with Gasteiger partial charge in [0.05, 0.1) is 5.54 Å². The van der Waals surface area contributed by atoms with Crippen LogP contribution in [0, 0.1) is 0 Å². The molecular formula is C13H15NO. The van der Waals surface area contributed by atoms with E-state index in [9.17, 15) is 4.79 Å². The Labute approximate surface area is 90.2 Å². The van der Waals surface area contributed by atoms with Crippen molar-refractivity contribution in [1.82, 2.24) is 4.90 Å². The minimum atomic E-state index is -0.201. The fourth-order valence-corrected chi connectivity index (χ4v) is 2.11. The van der Waals surface area contributed by atoms with Gasteiger partial charge in [-0.1, -0.05) is 36.4 Å². The first-order chi connectivity index (χ1) is 7.18. The van der Waals surface area contributed by atoms with Crippen molar-refractivity contribution in [1.29, 1.82) is 0 Å². The van der Waals surface area contributed by atoms with Gasteiger partial charge in [0.25, 0.3) is 0 Å². The van der Waals surface area contributed by atoms with Gasteiger partial charge in [0.1, 0.15) is 0 Å². The van der Waals surface area contributed by atoms with E-state index in [0.29, 0.717) is 0 Å². The molecule has 0 aliphatic heterocycles. The average molecular weight is 201 g/mol. The molecule has 0 fully saturated rings. The highest BCUT2D eigenvalue weighted by Gasteiger charge is 2.32. The van der Waals surface area contributed by atoms with E-state index >= 15 is 0 Å². The second kappa shape index (κ2) is 3.54. The summed E-state index contributed by atoms with van der Waals surface area (Å²) in [6, 6.07) is 8.23. The van der Waals surface area contributed by atoms with Crippen molar-refractivity contribution in [2.24, 2.45) is 0 Å². The van der Waals surface area contributed by atoms with E-state index in [2.05, 4.69) is 31.2 Å². The van der Waals surface area contributed by atoms with Gasteiger partial charge < -0.3 is 4.90 Å². The van der Waals surface area contributed by atoms with Crippen LogP contribution in [0.5, 0.6) is 0 Å². The number of fused-ring (bicyclic) bond motifs is 1. The molecule has 15 heavy (non-hydrogen) atoms. The highest BCUT2D eigenvalue weighted by atomic mass is 16.1. The van der Waals surface area contributed by atoms with E-state index in [1.165, 1.54) is 11.1 Å². The number of benzene rings is 1. The third-order valence-electron chi connectivity index (χ3n) is 3.29. The Morgan fingerprint density at radius 1 is 1.40 bits per heavy atom. The zero-order valence-corrected chi connectivity index (χ0v) is 9.10. The number of hydrogen-bond donors (Lipinski definition) is 0. The molecule has 1 aromatic rings. The maximum absolute atomic E-state index is 10.9. The number of rotatable bonds is 2.